The van der Waals surface area contributed by atoms with Crippen LogP contribution in [0.2, 0.25) is 0 Å². The van der Waals surface area contributed by atoms with Gasteiger partial charge in [0.05, 0.1) is 5.60 Å². The highest BCUT2D eigenvalue weighted by Crippen LogP contribution is 2.53. The quantitative estimate of drug-likeness (QED) is 0.528. The van der Waals surface area contributed by atoms with Gasteiger partial charge >= 0.3 is 0 Å². The van der Waals surface area contributed by atoms with Crippen molar-refractivity contribution >= 4 is 5.91 Å². The summed E-state index contributed by atoms with van der Waals surface area (Å²) in [6.07, 6.45) is 2.00. The van der Waals surface area contributed by atoms with E-state index in [0.717, 1.165) is 25.9 Å². The number of epoxide rings is 1. The van der Waals surface area contributed by atoms with E-state index in [9.17, 15) is 4.79 Å². The minimum absolute atomic E-state index is 0.0515. The van der Waals surface area contributed by atoms with Crippen LogP contribution in [0.25, 0.3) is 0 Å². The van der Waals surface area contributed by atoms with E-state index in [1.54, 1.807) is 6.92 Å². The highest BCUT2D eigenvalue weighted by atomic mass is 16.6. The van der Waals surface area contributed by atoms with Crippen LogP contribution in [0.15, 0.2) is 0 Å². The highest BCUT2D eigenvalue weighted by Gasteiger charge is 2.63. The fraction of sp³-hybridized carbons (Fsp3) is 0.900. The second kappa shape index (κ2) is 2.47. The molecule has 0 aromatic rings. The van der Waals surface area contributed by atoms with Gasteiger partial charge in [0, 0.05) is 20.0 Å². The molecule has 2 saturated heterocycles. The third kappa shape index (κ3) is 1.26. The molecular formula is C10H17NO2. The van der Waals surface area contributed by atoms with Crippen LogP contribution in [0, 0.1) is 0 Å². The lowest BCUT2D eigenvalue weighted by Gasteiger charge is -2.30. The van der Waals surface area contributed by atoms with E-state index in [-0.39, 0.29) is 17.1 Å². The first-order valence-corrected chi connectivity index (χ1v) is 4.93. The van der Waals surface area contributed by atoms with Gasteiger partial charge in [0.25, 0.3) is 0 Å². The second-order valence-electron chi connectivity index (χ2n) is 4.61. The molecule has 2 aliphatic heterocycles. The molecule has 3 heteroatoms. The van der Waals surface area contributed by atoms with Gasteiger partial charge in [0.15, 0.2) is 0 Å². The summed E-state index contributed by atoms with van der Waals surface area (Å²) in [6, 6.07) is 0. The van der Waals surface area contributed by atoms with Gasteiger partial charge in [-0.3, -0.25) is 4.79 Å². The second-order valence-corrected chi connectivity index (χ2v) is 4.61. The molecule has 0 bridgehead atoms. The Kier molecular flexibility index (Phi) is 1.71. The fourth-order valence-corrected chi connectivity index (χ4v) is 2.35. The predicted molar refractivity (Wildman–Crippen MR) is 49.4 cm³/mol. The zero-order chi connectivity index (χ0) is 9.69. The Balaban J connectivity index is 1.95. The van der Waals surface area contributed by atoms with Crippen LogP contribution in [-0.4, -0.2) is 35.1 Å². The Morgan fingerprint density at radius 3 is 2.08 bits per heavy atom. The number of nitrogens with zero attached hydrogens (tertiary/aromatic N) is 1. The summed E-state index contributed by atoms with van der Waals surface area (Å²) in [4.78, 5) is 13.0. The van der Waals surface area contributed by atoms with Gasteiger partial charge in [-0.1, -0.05) is 0 Å². The summed E-state index contributed by atoms with van der Waals surface area (Å²) in [5.74, 6) is 0.188. The van der Waals surface area contributed by atoms with Gasteiger partial charge < -0.3 is 9.64 Å². The molecule has 1 amide bonds. The number of ether oxygens (including phenoxy) is 1. The van der Waals surface area contributed by atoms with Gasteiger partial charge in [-0.25, -0.2) is 0 Å². The van der Waals surface area contributed by atoms with E-state index in [1.165, 1.54) is 0 Å². The summed E-state index contributed by atoms with van der Waals surface area (Å²) < 4.78 is 5.72. The van der Waals surface area contributed by atoms with Crippen molar-refractivity contribution in [3.05, 3.63) is 0 Å². The van der Waals surface area contributed by atoms with Crippen molar-refractivity contribution in [1.82, 2.24) is 4.90 Å². The van der Waals surface area contributed by atoms with Crippen LogP contribution in [0.5, 0.6) is 0 Å². The molecule has 74 valence electrons. The molecule has 0 N–H and O–H groups in total. The molecule has 13 heavy (non-hydrogen) atoms. The van der Waals surface area contributed by atoms with Crippen molar-refractivity contribution in [2.45, 2.75) is 44.8 Å². The molecule has 0 atom stereocenters. The molecular weight excluding hydrogens is 166 g/mol. The molecule has 0 radical (unpaired) electrons. The molecule has 0 aromatic carbocycles. The SMILES string of the molecule is CC(=O)N1CCC2(CC1)OC2(C)C. The van der Waals surface area contributed by atoms with Crippen LogP contribution in [-0.2, 0) is 9.53 Å². The topological polar surface area (TPSA) is 32.8 Å². The summed E-state index contributed by atoms with van der Waals surface area (Å²) in [5, 5.41) is 0. The zero-order valence-corrected chi connectivity index (χ0v) is 8.59. The largest absolute Gasteiger partial charge is 0.363 e. The molecule has 3 nitrogen and oxygen atoms in total. The first-order chi connectivity index (χ1) is 5.97. The van der Waals surface area contributed by atoms with Gasteiger partial charge in [-0.15, -0.1) is 0 Å². The van der Waals surface area contributed by atoms with Crippen molar-refractivity contribution in [2.75, 3.05) is 13.1 Å². The highest BCUT2D eigenvalue weighted by molar-refractivity contribution is 5.73. The van der Waals surface area contributed by atoms with Gasteiger partial charge in [-0.2, -0.15) is 0 Å². The Hall–Kier alpha value is -0.570. The van der Waals surface area contributed by atoms with E-state index in [4.69, 9.17) is 4.74 Å². The Bertz CT molecular complexity index is 239. The number of hydrogen-bond donors (Lipinski definition) is 0. The average Bonchev–Trinajstić information content (AvgIpc) is 2.53. The number of carbonyl (C=O) groups is 1. The lowest BCUT2D eigenvalue weighted by molar-refractivity contribution is -0.130. The maximum atomic E-state index is 11.1. The first kappa shape index (κ1) is 9.00. The fourth-order valence-electron chi connectivity index (χ4n) is 2.35. The number of rotatable bonds is 0. The van der Waals surface area contributed by atoms with E-state index in [1.807, 2.05) is 4.90 Å². The summed E-state index contributed by atoms with van der Waals surface area (Å²) in [5.41, 5.74) is 0.148. The van der Waals surface area contributed by atoms with E-state index in [2.05, 4.69) is 13.8 Å². The van der Waals surface area contributed by atoms with Crippen LogP contribution >= 0.6 is 0 Å². The maximum absolute atomic E-state index is 11.1. The molecule has 0 unspecified atom stereocenters. The summed E-state index contributed by atoms with van der Waals surface area (Å²) >= 11 is 0. The standard InChI is InChI=1S/C10H17NO2/c1-8(12)11-6-4-10(5-7-11)9(2,3)13-10/h4-7H2,1-3H3. The maximum Gasteiger partial charge on any atom is 0.219 e. The molecule has 0 aliphatic carbocycles. The monoisotopic (exact) mass is 183 g/mol. The van der Waals surface area contributed by atoms with Crippen molar-refractivity contribution in [3.63, 3.8) is 0 Å². The minimum Gasteiger partial charge on any atom is -0.363 e. The van der Waals surface area contributed by atoms with E-state index < -0.39 is 0 Å². The third-order valence-corrected chi connectivity index (χ3v) is 3.52. The number of hydrogen-bond acceptors (Lipinski definition) is 2. The lowest BCUT2D eigenvalue weighted by atomic mass is 9.86. The Morgan fingerprint density at radius 1 is 1.31 bits per heavy atom. The smallest absolute Gasteiger partial charge is 0.219 e. The lowest BCUT2D eigenvalue weighted by Crippen LogP contribution is -2.42. The van der Waals surface area contributed by atoms with Crippen molar-refractivity contribution in [2.24, 2.45) is 0 Å². The molecule has 2 fully saturated rings. The predicted octanol–water partition coefficient (Wildman–Crippen LogP) is 1.18. The van der Waals surface area contributed by atoms with Gasteiger partial charge in [-0.05, 0) is 26.7 Å². The Labute approximate surface area is 79.0 Å². The van der Waals surface area contributed by atoms with E-state index in [0.29, 0.717) is 0 Å². The molecule has 2 aliphatic rings. The average molecular weight is 183 g/mol. The van der Waals surface area contributed by atoms with Crippen LogP contribution < -0.4 is 0 Å². The number of amides is 1. The number of piperidine rings is 1. The number of likely N-dealkylation sites (tertiary alicyclic amines) is 1. The first-order valence-electron chi connectivity index (χ1n) is 4.93. The molecule has 0 aromatic heterocycles. The van der Waals surface area contributed by atoms with Crippen molar-refractivity contribution in [3.8, 4) is 0 Å². The van der Waals surface area contributed by atoms with Crippen molar-refractivity contribution < 1.29 is 9.53 Å². The summed E-state index contributed by atoms with van der Waals surface area (Å²) in [6.45, 7) is 7.63. The molecule has 0 saturated carbocycles. The number of carbonyl (C=O) groups excluding carboxylic acids is 1. The zero-order valence-electron chi connectivity index (χ0n) is 8.59. The van der Waals surface area contributed by atoms with Gasteiger partial charge in [0.1, 0.15) is 5.60 Å². The minimum atomic E-state index is 0.0515. The van der Waals surface area contributed by atoms with Crippen LogP contribution in [0.1, 0.15) is 33.6 Å². The van der Waals surface area contributed by atoms with Crippen LogP contribution in [0.3, 0.4) is 0 Å². The Morgan fingerprint density at radius 2 is 1.77 bits per heavy atom. The summed E-state index contributed by atoms with van der Waals surface area (Å²) in [7, 11) is 0. The molecule has 1 spiro atoms. The van der Waals surface area contributed by atoms with Crippen molar-refractivity contribution in [1.29, 1.82) is 0 Å². The third-order valence-electron chi connectivity index (χ3n) is 3.52. The van der Waals surface area contributed by atoms with Crippen LogP contribution in [0.4, 0.5) is 0 Å². The molecule has 2 heterocycles. The van der Waals surface area contributed by atoms with Gasteiger partial charge in [0.2, 0.25) is 5.91 Å². The molecule has 2 rings (SSSR count). The normalized spacial score (nSPS) is 29.0. The van der Waals surface area contributed by atoms with E-state index >= 15 is 0 Å².